The number of hydrogen-bond acceptors (Lipinski definition) is 1. The predicted octanol–water partition coefficient (Wildman–Crippen LogP) is 5.31. The molecule has 0 radical (unpaired) electrons. The van der Waals surface area contributed by atoms with Crippen molar-refractivity contribution in [3.8, 4) is 0 Å². The lowest BCUT2D eigenvalue weighted by Crippen LogP contribution is -2.02. The van der Waals surface area contributed by atoms with Gasteiger partial charge in [0.15, 0.2) is 0 Å². The van der Waals surface area contributed by atoms with Crippen LogP contribution in [0.1, 0.15) is 43.9 Å². The van der Waals surface area contributed by atoms with Crippen LogP contribution < -0.4 is 0 Å². The second-order valence-corrected chi connectivity index (χ2v) is 5.78. The Labute approximate surface area is 121 Å². The quantitative estimate of drug-likeness (QED) is 0.684. The van der Waals surface area contributed by atoms with Gasteiger partial charge in [0.25, 0.3) is 0 Å². The van der Waals surface area contributed by atoms with Gasteiger partial charge in [0.05, 0.1) is 5.69 Å². The SMILES string of the molecule is C=C(C)Cc1c(C2=CCCCC2)ncc2ccccc12. The molecule has 1 aliphatic rings. The summed E-state index contributed by atoms with van der Waals surface area (Å²) < 4.78 is 0. The van der Waals surface area contributed by atoms with Crippen molar-refractivity contribution in [3.05, 3.63) is 59.9 Å². The predicted molar refractivity (Wildman–Crippen MR) is 86.7 cm³/mol. The molecular weight excluding hydrogens is 242 g/mol. The smallest absolute Gasteiger partial charge is 0.0700 e. The Morgan fingerprint density at radius 1 is 1.25 bits per heavy atom. The molecule has 20 heavy (non-hydrogen) atoms. The Bertz CT molecular complexity index is 679. The number of benzene rings is 1. The number of allylic oxidation sites excluding steroid dienone is 3. The van der Waals surface area contributed by atoms with E-state index in [2.05, 4.69) is 43.8 Å². The van der Waals surface area contributed by atoms with Gasteiger partial charge in [-0.2, -0.15) is 0 Å². The molecule has 0 saturated carbocycles. The van der Waals surface area contributed by atoms with Crippen LogP contribution in [0.2, 0.25) is 0 Å². The van der Waals surface area contributed by atoms with E-state index >= 15 is 0 Å². The van der Waals surface area contributed by atoms with Gasteiger partial charge in [-0.05, 0) is 55.6 Å². The molecule has 2 aromatic rings. The van der Waals surface area contributed by atoms with Crippen molar-refractivity contribution in [3.63, 3.8) is 0 Å². The molecule has 0 amide bonds. The zero-order chi connectivity index (χ0) is 13.9. The number of rotatable bonds is 3. The van der Waals surface area contributed by atoms with Crippen molar-refractivity contribution >= 4 is 16.3 Å². The van der Waals surface area contributed by atoms with E-state index in [0.717, 1.165) is 12.8 Å². The van der Waals surface area contributed by atoms with Crippen molar-refractivity contribution in [2.75, 3.05) is 0 Å². The zero-order valence-electron chi connectivity index (χ0n) is 12.2. The third kappa shape index (κ3) is 2.53. The normalized spacial score (nSPS) is 15.2. The molecule has 0 N–H and O–H groups in total. The first kappa shape index (κ1) is 13.1. The van der Waals surface area contributed by atoms with Gasteiger partial charge in [-0.1, -0.05) is 42.5 Å². The number of fused-ring (bicyclic) bond motifs is 1. The highest BCUT2D eigenvalue weighted by atomic mass is 14.7. The Kier molecular flexibility index (Phi) is 3.68. The minimum absolute atomic E-state index is 0.918. The fourth-order valence-corrected chi connectivity index (χ4v) is 3.03. The molecular formula is C19H21N. The summed E-state index contributed by atoms with van der Waals surface area (Å²) in [6, 6.07) is 8.54. The summed E-state index contributed by atoms with van der Waals surface area (Å²) in [4.78, 5) is 4.77. The number of pyridine rings is 1. The number of hydrogen-bond donors (Lipinski definition) is 0. The fraction of sp³-hybridized carbons (Fsp3) is 0.316. The molecule has 102 valence electrons. The van der Waals surface area contributed by atoms with Gasteiger partial charge < -0.3 is 0 Å². The van der Waals surface area contributed by atoms with Crippen LogP contribution in [0.5, 0.6) is 0 Å². The van der Waals surface area contributed by atoms with Gasteiger partial charge in [-0.3, -0.25) is 4.98 Å². The lowest BCUT2D eigenvalue weighted by atomic mass is 9.90. The first-order valence-corrected chi connectivity index (χ1v) is 7.46. The maximum absolute atomic E-state index is 4.77. The lowest BCUT2D eigenvalue weighted by molar-refractivity contribution is 0.739. The van der Waals surface area contributed by atoms with Crippen LogP contribution in [-0.2, 0) is 6.42 Å². The summed E-state index contributed by atoms with van der Waals surface area (Å²) in [6.07, 6.45) is 10.3. The molecule has 0 atom stereocenters. The van der Waals surface area contributed by atoms with Crippen LogP contribution in [0.3, 0.4) is 0 Å². The molecule has 1 aromatic heterocycles. The third-order valence-corrected chi connectivity index (χ3v) is 3.98. The average molecular weight is 263 g/mol. The highest BCUT2D eigenvalue weighted by molar-refractivity contribution is 5.89. The van der Waals surface area contributed by atoms with E-state index in [0.29, 0.717) is 0 Å². The highest BCUT2D eigenvalue weighted by Gasteiger charge is 2.14. The summed E-state index contributed by atoms with van der Waals surface area (Å²) in [5.74, 6) is 0. The maximum Gasteiger partial charge on any atom is 0.0700 e. The van der Waals surface area contributed by atoms with Crippen LogP contribution in [0.25, 0.3) is 16.3 Å². The van der Waals surface area contributed by atoms with Gasteiger partial charge in [-0.15, -0.1) is 0 Å². The van der Waals surface area contributed by atoms with E-state index in [1.807, 2.05) is 6.20 Å². The summed E-state index contributed by atoms with van der Waals surface area (Å²) in [7, 11) is 0. The van der Waals surface area contributed by atoms with E-state index in [9.17, 15) is 0 Å². The van der Waals surface area contributed by atoms with Gasteiger partial charge in [-0.25, -0.2) is 0 Å². The Morgan fingerprint density at radius 2 is 2.10 bits per heavy atom. The van der Waals surface area contributed by atoms with Crippen molar-refractivity contribution in [2.45, 2.75) is 39.0 Å². The van der Waals surface area contributed by atoms with Crippen molar-refractivity contribution < 1.29 is 0 Å². The van der Waals surface area contributed by atoms with Crippen LogP contribution >= 0.6 is 0 Å². The molecule has 0 unspecified atom stereocenters. The second kappa shape index (κ2) is 5.62. The van der Waals surface area contributed by atoms with E-state index in [4.69, 9.17) is 4.98 Å². The van der Waals surface area contributed by atoms with Gasteiger partial charge in [0.1, 0.15) is 0 Å². The topological polar surface area (TPSA) is 12.9 Å². The number of aromatic nitrogens is 1. The summed E-state index contributed by atoms with van der Waals surface area (Å²) in [5.41, 5.74) is 5.18. The standard InChI is InChI=1S/C19H21N/c1-14(2)12-18-17-11-7-6-10-16(17)13-20-19(18)15-8-4-3-5-9-15/h6-8,10-11,13H,1,3-5,9,12H2,2H3. The minimum Gasteiger partial charge on any atom is -0.256 e. The summed E-state index contributed by atoms with van der Waals surface area (Å²) in [5, 5.41) is 2.55. The average Bonchev–Trinajstić information content (AvgIpc) is 2.48. The van der Waals surface area contributed by atoms with Gasteiger partial charge in [0.2, 0.25) is 0 Å². The fourth-order valence-electron chi connectivity index (χ4n) is 3.03. The molecule has 0 saturated heterocycles. The van der Waals surface area contributed by atoms with Crippen molar-refractivity contribution in [1.29, 1.82) is 0 Å². The van der Waals surface area contributed by atoms with E-state index in [-0.39, 0.29) is 0 Å². The van der Waals surface area contributed by atoms with E-state index in [1.54, 1.807) is 0 Å². The largest absolute Gasteiger partial charge is 0.256 e. The van der Waals surface area contributed by atoms with Crippen LogP contribution in [0, 0.1) is 0 Å². The highest BCUT2D eigenvalue weighted by Crippen LogP contribution is 2.32. The van der Waals surface area contributed by atoms with Crippen LogP contribution in [0.4, 0.5) is 0 Å². The minimum atomic E-state index is 0.918. The van der Waals surface area contributed by atoms with Crippen molar-refractivity contribution in [1.82, 2.24) is 4.98 Å². The van der Waals surface area contributed by atoms with E-state index < -0.39 is 0 Å². The molecule has 0 fully saturated rings. The Hall–Kier alpha value is -1.89. The second-order valence-electron chi connectivity index (χ2n) is 5.78. The van der Waals surface area contributed by atoms with Gasteiger partial charge >= 0.3 is 0 Å². The molecule has 0 aliphatic heterocycles. The first-order chi connectivity index (χ1) is 9.75. The molecule has 1 nitrogen and oxygen atoms in total. The van der Waals surface area contributed by atoms with Gasteiger partial charge in [0, 0.05) is 11.6 Å². The summed E-state index contributed by atoms with van der Waals surface area (Å²) in [6.45, 7) is 6.19. The lowest BCUT2D eigenvalue weighted by Gasteiger charge is -2.17. The molecule has 0 bridgehead atoms. The van der Waals surface area contributed by atoms with Crippen molar-refractivity contribution in [2.24, 2.45) is 0 Å². The summed E-state index contributed by atoms with van der Waals surface area (Å²) >= 11 is 0. The molecule has 0 spiro atoms. The monoisotopic (exact) mass is 263 g/mol. The molecule has 1 heteroatoms. The Morgan fingerprint density at radius 3 is 2.85 bits per heavy atom. The maximum atomic E-state index is 4.77. The third-order valence-electron chi connectivity index (χ3n) is 3.98. The Balaban J connectivity index is 2.19. The molecule has 1 aromatic carbocycles. The number of nitrogens with zero attached hydrogens (tertiary/aromatic N) is 1. The molecule has 1 heterocycles. The van der Waals surface area contributed by atoms with E-state index in [1.165, 1.54) is 52.4 Å². The molecule has 1 aliphatic carbocycles. The first-order valence-electron chi connectivity index (χ1n) is 7.46. The molecule has 3 rings (SSSR count). The zero-order valence-corrected chi connectivity index (χ0v) is 12.2. The van der Waals surface area contributed by atoms with Crippen LogP contribution in [0.15, 0.2) is 48.7 Å². The van der Waals surface area contributed by atoms with Crippen LogP contribution in [-0.4, -0.2) is 4.98 Å².